The van der Waals surface area contributed by atoms with Gasteiger partial charge in [-0.25, -0.2) is 4.39 Å². The number of nitrogens with one attached hydrogen (secondary N) is 1. The molecule has 1 heterocycles. The molecule has 0 fully saturated rings. The van der Waals surface area contributed by atoms with Crippen LogP contribution in [0.5, 0.6) is 0 Å². The van der Waals surface area contributed by atoms with E-state index in [2.05, 4.69) is 17.3 Å². The Labute approximate surface area is 107 Å². The smallest absolute Gasteiger partial charge is 0.123 e. The summed E-state index contributed by atoms with van der Waals surface area (Å²) in [5, 5.41) is 7.53. The molecule has 0 saturated heterocycles. The fourth-order valence-corrected chi connectivity index (χ4v) is 2.16. The number of nitrogens with zero attached hydrogens (tertiary/aromatic N) is 2. The van der Waals surface area contributed by atoms with Crippen LogP contribution in [0.25, 0.3) is 0 Å². The first kappa shape index (κ1) is 12.8. The molecule has 0 spiro atoms. The summed E-state index contributed by atoms with van der Waals surface area (Å²) in [4.78, 5) is 0. The van der Waals surface area contributed by atoms with Crippen molar-refractivity contribution in [3.63, 3.8) is 0 Å². The number of benzene rings is 1. The van der Waals surface area contributed by atoms with Gasteiger partial charge in [-0.2, -0.15) is 5.10 Å². The van der Waals surface area contributed by atoms with Crippen molar-refractivity contribution in [3.8, 4) is 0 Å². The van der Waals surface area contributed by atoms with Crippen molar-refractivity contribution < 1.29 is 4.39 Å². The predicted octanol–water partition coefficient (Wildman–Crippen LogP) is 2.55. The van der Waals surface area contributed by atoms with E-state index in [0.29, 0.717) is 0 Å². The van der Waals surface area contributed by atoms with Crippen molar-refractivity contribution >= 4 is 0 Å². The minimum Gasteiger partial charge on any atom is -0.311 e. The van der Waals surface area contributed by atoms with E-state index in [1.54, 1.807) is 18.3 Å². The zero-order chi connectivity index (χ0) is 13.0. The highest BCUT2D eigenvalue weighted by atomic mass is 19.1. The van der Waals surface area contributed by atoms with Gasteiger partial charge in [0.15, 0.2) is 0 Å². The first-order valence-corrected chi connectivity index (χ1v) is 6.18. The van der Waals surface area contributed by atoms with Gasteiger partial charge in [-0.3, -0.25) is 4.68 Å². The maximum Gasteiger partial charge on any atom is 0.123 e. The number of hydrogen-bond acceptors (Lipinski definition) is 2. The van der Waals surface area contributed by atoms with Crippen molar-refractivity contribution in [1.29, 1.82) is 0 Å². The lowest BCUT2D eigenvalue weighted by Gasteiger charge is -2.17. The number of aromatic nitrogens is 2. The number of likely N-dealkylation sites (N-methyl/N-ethyl adjacent to an activating group) is 1. The molecule has 0 aliphatic carbocycles. The molecule has 0 amide bonds. The van der Waals surface area contributed by atoms with Crippen LogP contribution in [0, 0.1) is 5.82 Å². The Bertz CT molecular complexity index is 507. The first-order valence-electron chi connectivity index (χ1n) is 6.18. The average Bonchev–Trinajstić information content (AvgIpc) is 2.84. The van der Waals surface area contributed by atoms with Gasteiger partial charge in [0.1, 0.15) is 5.82 Å². The highest BCUT2D eigenvalue weighted by Crippen LogP contribution is 2.18. The largest absolute Gasteiger partial charge is 0.311 e. The van der Waals surface area contributed by atoms with Crippen LogP contribution in [0.15, 0.2) is 36.5 Å². The van der Waals surface area contributed by atoms with Crippen molar-refractivity contribution in [1.82, 2.24) is 15.1 Å². The molecule has 1 N–H and O–H groups in total. The number of rotatable bonds is 5. The topological polar surface area (TPSA) is 29.9 Å². The molecule has 0 saturated carbocycles. The summed E-state index contributed by atoms with van der Waals surface area (Å²) in [5.41, 5.74) is 2.11. The van der Waals surface area contributed by atoms with E-state index < -0.39 is 0 Å². The minimum absolute atomic E-state index is 0.147. The third-order valence-electron chi connectivity index (χ3n) is 3.08. The van der Waals surface area contributed by atoms with E-state index in [1.165, 1.54) is 6.07 Å². The second kappa shape index (κ2) is 5.78. The highest BCUT2D eigenvalue weighted by Gasteiger charge is 2.14. The van der Waals surface area contributed by atoms with Crippen molar-refractivity contribution in [2.45, 2.75) is 25.9 Å². The van der Waals surface area contributed by atoms with Crippen LogP contribution in [0.1, 0.15) is 24.2 Å². The summed E-state index contributed by atoms with van der Waals surface area (Å²) in [6.07, 6.45) is 2.55. The second-order valence-corrected chi connectivity index (χ2v) is 4.25. The summed E-state index contributed by atoms with van der Waals surface area (Å²) in [5.74, 6) is -0.189. The van der Waals surface area contributed by atoms with Gasteiger partial charge in [-0.15, -0.1) is 0 Å². The van der Waals surface area contributed by atoms with Gasteiger partial charge < -0.3 is 5.32 Å². The van der Waals surface area contributed by atoms with Crippen LogP contribution in [-0.4, -0.2) is 16.8 Å². The van der Waals surface area contributed by atoms with Crippen molar-refractivity contribution in [2.24, 2.45) is 0 Å². The van der Waals surface area contributed by atoms with E-state index in [-0.39, 0.29) is 11.9 Å². The van der Waals surface area contributed by atoms with E-state index >= 15 is 0 Å². The van der Waals surface area contributed by atoms with Crippen molar-refractivity contribution in [3.05, 3.63) is 53.6 Å². The molecule has 0 aliphatic rings. The molecular weight excluding hydrogens is 229 g/mol. The number of aryl methyl sites for hydroxylation is 1. The Morgan fingerprint density at radius 2 is 2.22 bits per heavy atom. The maximum absolute atomic E-state index is 13.2. The molecule has 2 rings (SSSR count). The van der Waals surface area contributed by atoms with Crippen LogP contribution in [0.2, 0.25) is 0 Å². The monoisotopic (exact) mass is 247 g/mol. The van der Waals surface area contributed by atoms with Gasteiger partial charge in [0.05, 0.1) is 11.7 Å². The normalized spacial score (nSPS) is 12.6. The van der Waals surface area contributed by atoms with Gasteiger partial charge >= 0.3 is 0 Å². The van der Waals surface area contributed by atoms with Gasteiger partial charge in [-0.1, -0.05) is 12.1 Å². The third-order valence-corrected chi connectivity index (χ3v) is 3.08. The molecule has 1 unspecified atom stereocenters. The SMILES string of the molecule is CCn1nccc1C(Cc1cccc(F)c1)NC. The van der Waals surface area contributed by atoms with Gasteiger partial charge in [0.2, 0.25) is 0 Å². The standard InChI is InChI=1S/C14H18FN3/c1-3-18-14(7-8-17-18)13(16-2)10-11-5-4-6-12(15)9-11/h4-9,13,16H,3,10H2,1-2H3. The average molecular weight is 247 g/mol. The van der Waals surface area contributed by atoms with Gasteiger partial charge in [0, 0.05) is 12.7 Å². The van der Waals surface area contributed by atoms with E-state index in [1.807, 2.05) is 23.9 Å². The molecule has 0 radical (unpaired) electrons. The van der Waals surface area contributed by atoms with Gasteiger partial charge in [0.25, 0.3) is 0 Å². The number of halogens is 1. The second-order valence-electron chi connectivity index (χ2n) is 4.25. The molecule has 18 heavy (non-hydrogen) atoms. The Morgan fingerprint density at radius 1 is 1.39 bits per heavy atom. The lowest BCUT2D eigenvalue weighted by molar-refractivity contribution is 0.512. The number of hydrogen-bond donors (Lipinski definition) is 1. The Morgan fingerprint density at radius 3 is 2.89 bits per heavy atom. The molecule has 4 heteroatoms. The van der Waals surface area contributed by atoms with E-state index in [9.17, 15) is 4.39 Å². The summed E-state index contributed by atoms with van der Waals surface area (Å²) in [6, 6.07) is 8.89. The van der Waals surface area contributed by atoms with Crippen LogP contribution in [0.3, 0.4) is 0 Å². The Balaban J connectivity index is 2.20. The van der Waals surface area contributed by atoms with Crippen LogP contribution < -0.4 is 5.32 Å². The highest BCUT2D eigenvalue weighted by molar-refractivity contribution is 5.20. The van der Waals surface area contributed by atoms with E-state index in [0.717, 1.165) is 24.2 Å². The van der Waals surface area contributed by atoms with Crippen LogP contribution >= 0.6 is 0 Å². The zero-order valence-corrected chi connectivity index (χ0v) is 10.7. The molecule has 2 aromatic rings. The molecule has 1 aromatic heterocycles. The van der Waals surface area contributed by atoms with Crippen LogP contribution in [0.4, 0.5) is 4.39 Å². The summed E-state index contributed by atoms with van der Waals surface area (Å²) >= 11 is 0. The zero-order valence-electron chi connectivity index (χ0n) is 10.7. The van der Waals surface area contributed by atoms with E-state index in [4.69, 9.17) is 0 Å². The fraction of sp³-hybridized carbons (Fsp3) is 0.357. The third kappa shape index (κ3) is 2.76. The van der Waals surface area contributed by atoms with Gasteiger partial charge in [-0.05, 0) is 44.2 Å². The fourth-order valence-electron chi connectivity index (χ4n) is 2.16. The molecular formula is C14H18FN3. The minimum atomic E-state index is -0.189. The predicted molar refractivity (Wildman–Crippen MR) is 69.8 cm³/mol. The molecule has 1 atom stereocenters. The summed E-state index contributed by atoms with van der Waals surface area (Å²) < 4.78 is 15.1. The van der Waals surface area contributed by atoms with Crippen molar-refractivity contribution in [2.75, 3.05) is 7.05 Å². The molecule has 1 aromatic carbocycles. The molecule has 0 aliphatic heterocycles. The quantitative estimate of drug-likeness (QED) is 0.880. The maximum atomic E-state index is 13.2. The Hall–Kier alpha value is -1.68. The molecule has 96 valence electrons. The van der Waals surface area contributed by atoms with Crippen LogP contribution in [-0.2, 0) is 13.0 Å². The lowest BCUT2D eigenvalue weighted by Crippen LogP contribution is -2.22. The lowest BCUT2D eigenvalue weighted by atomic mass is 10.0. The summed E-state index contributed by atoms with van der Waals surface area (Å²) in [6.45, 7) is 2.90. The first-order chi connectivity index (χ1) is 8.74. The Kier molecular flexibility index (Phi) is 4.10. The summed E-state index contributed by atoms with van der Waals surface area (Å²) in [7, 11) is 1.91. The molecule has 3 nitrogen and oxygen atoms in total. The molecule has 0 bridgehead atoms.